The van der Waals surface area contributed by atoms with Crippen LogP contribution in [0.15, 0.2) is 0 Å². The summed E-state index contributed by atoms with van der Waals surface area (Å²) in [7, 11) is 4.31. The molecule has 0 aromatic carbocycles. The van der Waals surface area contributed by atoms with Gasteiger partial charge in [-0.1, -0.05) is 0 Å². The van der Waals surface area contributed by atoms with Crippen LogP contribution >= 0.6 is 0 Å². The summed E-state index contributed by atoms with van der Waals surface area (Å²) < 4.78 is 0. The molecule has 0 aromatic rings. The first-order valence-corrected chi connectivity index (χ1v) is 4.33. The van der Waals surface area contributed by atoms with Gasteiger partial charge >= 0.3 is 0 Å². The van der Waals surface area contributed by atoms with Gasteiger partial charge < -0.3 is 10.6 Å². The number of hydrogen-bond donors (Lipinski definition) is 1. The number of rotatable bonds is 2. The van der Waals surface area contributed by atoms with Crippen LogP contribution in [0.25, 0.3) is 0 Å². The predicted octanol–water partition coefficient (Wildman–Crippen LogP) is -0.0714. The third-order valence-corrected chi connectivity index (χ3v) is 2.55. The second-order valence-corrected chi connectivity index (χ2v) is 3.50. The fourth-order valence-electron chi connectivity index (χ4n) is 1.62. The Morgan fingerprint density at radius 1 is 1.36 bits per heavy atom. The highest BCUT2D eigenvalue weighted by molar-refractivity contribution is 4.75. The van der Waals surface area contributed by atoms with Gasteiger partial charge in [-0.2, -0.15) is 0 Å². The summed E-state index contributed by atoms with van der Waals surface area (Å²) >= 11 is 0. The molecule has 1 fully saturated rings. The Morgan fingerprint density at radius 2 is 1.91 bits per heavy atom. The molecular weight excluding hydrogens is 138 g/mol. The molecule has 0 unspecified atom stereocenters. The summed E-state index contributed by atoms with van der Waals surface area (Å²) in [5.41, 5.74) is 5.54. The van der Waals surface area contributed by atoms with Gasteiger partial charge in [0, 0.05) is 25.8 Å². The fraction of sp³-hybridized carbons (Fsp3) is 1.00. The summed E-state index contributed by atoms with van der Waals surface area (Å²) in [6.07, 6.45) is 2.54. The largest absolute Gasteiger partial charge is 0.318 e. The van der Waals surface area contributed by atoms with Crippen molar-refractivity contribution in [2.45, 2.75) is 18.9 Å². The van der Waals surface area contributed by atoms with Crippen LogP contribution in [0.1, 0.15) is 12.8 Å². The zero-order valence-corrected chi connectivity index (χ0v) is 7.58. The van der Waals surface area contributed by atoms with Crippen molar-refractivity contribution >= 4 is 0 Å². The van der Waals surface area contributed by atoms with Crippen molar-refractivity contribution in [3.8, 4) is 0 Å². The van der Waals surface area contributed by atoms with E-state index in [0.29, 0.717) is 0 Å². The van der Waals surface area contributed by atoms with E-state index in [0.717, 1.165) is 12.7 Å². The van der Waals surface area contributed by atoms with Crippen LogP contribution < -0.4 is 5.73 Å². The van der Waals surface area contributed by atoms with Gasteiger partial charge in [-0.3, -0.25) is 4.90 Å². The Hall–Kier alpha value is -0.120. The molecule has 11 heavy (non-hydrogen) atoms. The highest BCUT2D eigenvalue weighted by Crippen LogP contribution is 2.12. The van der Waals surface area contributed by atoms with Crippen molar-refractivity contribution in [1.82, 2.24) is 9.80 Å². The van der Waals surface area contributed by atoms with E-state index >= 15 is 0 Å². The van der Waals surface area contributed by atoms with Crippen LogP contribution in [0.4, 0.5) is 0 Å². The lowest BCUT2D eigenvalue weighted by Crippen LogP contribution is -2.43. The monoisotopic (exact) mass is 157 g/mol. The molecule has 1 aliphatic rings. The molecule has 0 spiro atoms. The average molecular weight is 157 g/mol. The maximum atomic E-state index is 5.54. The molecule has 2 N–H and O–H groups in total. The van der Waals surface area contributed by atoms with E-state index in [4.69, 9.17) is 5.73 Å². The highest BCUT2D eigenvalue weighted by atomic mass is 15.2. The molecule has 0 atom stereocenters. The second-order valence-electron chi connectivity index (χ2n) is 3.50. The van der Waals surface area contributed by atoms with Crippen molar-refractivity contribution in [2.75, 3.05) is 33.9 Å². The lowest BCUT2D eigenvalue weighted by Gasteiger charge is -2.34. The number of nitrogens with zero attached hydrogens (tertiary/aromatic N) is 2. The molecule has 0 aliphatic carbocycles. The van der Waals surface area contributed by atoms with Gasteiger partial charge in [0.15, 0.2) is 0 Å². The molecule has 1 saturated heterocycles. The summed E-state index contributed by atoms with van der Waals surface area (Å²) in [5, 5.41) is 0. The smallest absolute Gasteiger partial charge is 0.0455 e. The fourth-order valence-corrected chi connectivity index (χ4v) is 1.62. The number of piperidine rings is 1. The molecule has 1 rings (SSSR count). The van der Waals surface area contributed by atoms with Gasteiger partial charge in [0.25, 0.3) is 0 Å². The van der Waals surface area contributed by atoms with Crippen LogP contribution in [-0.2, 0) is 0 Å². The van der Waals surface area contributed by atoms with Crippen molar-refractivity contribution in [3.63, 3.8) is 0 Å². The molecular formula is C8H19N3. The normalized spacial score (nSPS) is 22.9. The van der Waals surface area contributed by atoms with Gasteiger partial charge in [-0.05, 0) is 26.9 Å². The first-order chi connectivity index (χ1) is 5.24. The molecule has 0 bridgehead atoms. The van der Waals surface area contributed by atoms with Crippen molar-refractivity contribution in [2.24, 2.45) is 5.73 Å². The van der Waals surface area contributed by atoms with Crippen molar-refractivity contribution in [3.05, 3.63) is 0 Å². The Labute approximate surface area is 69.1 Å². The Balaban J connectivity index is 2.24. The SMILES string of the molecule is CN(C)C1CCN(CN)CC1. The van der Waals surface area contributed by atoms with Gasteiger partial charge in [0.1, 0.15) is 0 Å². The molecule has 0 amide bonds. The molecule has 0 aromatic heterocycles. The van der Waals surface area contributed by atoms with E-state index in [1.54, 1.807) is 0 Å². The Kier molecular flexibility index (Phi) is 3.30. The highest BCUT2D eigenvalue weighted by Gasteiger charge is 2.18. The Bertz CT molecular complexity index is 106. The van der Waals surface area contributed by atoms with E-state index in [1.807, 2.05) is 0 Å². The lowest BCUT2D eigenvalue weighted by molar-refractivity contribution is 0.147. The molecule has 1 heterocycles. The summed E-state index contributed by atoms with van der Waals surface area (Å²) in [4.78, 5) is 4.62. The quantitative estimate of drug-likeness (QED) is 0.609. The van der Waals surface area contributed by atoms with Crippen LogP contribution in [0, 0.1) is 0 Å². The molecule has 1 aliphatic heterocycles. The lowest BCUT2D eigenvalue weighted by atomic mass is 10.0. The number of hydrogen-bond acceptors (Lipinski definition) is 3. The maximum absolute atomic E-state index is 5.54. The van der Waals surface area contributed by atoms with Gasteiger partial charge in [0.05, 0.1) is 0 Å². The zero-order chi connectivity index (χ0) is 8.27. The van der Waals surface area contributed by atoms with E-state index in [1.165, 1.54) is 25.9 Å². The minimum atomic E-state index is 0.722. The van der Waals surface area contributed by atoms with Crippen molar-refractivity contribution < 1.29 is 0 Å². The topological polar surface area (TPSA) is 32.5 Å². The van der Waals surface area contributed by atoms with Crippen LogP contribution in [0.2, 0.25) is 0 Å². The molecule has 0 radical (unpaired) electrons. The van der Waals surface area contributed by atoms with Gasteiger partial charge in [0.2, 0.25) is 0 Å². The number of likely N-dealkylation sites (tertiary alicyclic amines) is 1. The molecule has 3 nitrogen and oxygen atoms in total. The van der Waals surface area contributed by atoms with E-state index in [2.05, 4.69) is 23.9 Å². The average Bonchev–Trinajstić information content (AvgIpc) is 2.05. The van der Waals surface area contributed by atoms with Crippen LogP contribution in [0.3, 0.4) is 0 Å². The molecule has 3 heteroatoms. The Morgan fingerprint density at radius 3 is 2.27 bits per heavy atom. The van der Waals surface area contributed by atoms with Crippen LogP contribution in [0.5, 0.6) is 0 Å². The van der Waals surface area contributed by atoms with E-state index in [-0.39, 0.29) is 0 Å². The first-order valence-electron chi connectivity index (χ1n) is 4.33. The van der Waals surface area contributed by atoms with Gasteiger partial charge in [-0.25, -0.2) is 0 Å². The minimum absolute atomic E-state index is 0.722. The molecule has 66 valence electrons. The third-order valence-electron chi connectivity index (χ3n) is 2.55. The molecule has 0 saturated carbocycles. The van der Waals surface area contributed by atoms with E-state index in [9.17, 15) is 0 Å². The van der Waals surface area contributed by atoms with E-state index < -0.39 is 0 Å². The first kappa shape index (κ1) is 8.97. The van der Waals surface area contributed by atoms with Crippen LogP contribution in [-0.4, -0.2) is 49.7 Å². The van der Waals surface area contributed by atoms with Gasteiger partial charge in [-0.15, -0.1) is 0 Å². The predicted molar refractivity (Wildman–Crippen MR) is 47.3 cm³/mol. The summed E-state index contributed by atoms with van der Waals surface area (Å²) in [5.74, 6) is 0. The zero-order valence-electron chi connectivity index (χ0n) is 7.58. The van der Waals surface area contributed by atoms with Crippen molar-refractivity contribution in [1.29, 1.82) is 0 Å². The summed E-state index contributed by atoms with van der Waals surface area (Å²) in [6, 6.07) is 0.776. The minimum Gasteiger partial charge on any atom is -0.318 e. The standard InChI is InChI=1S/C8H19N3/c1-10(2)8-3-5-11(7-9)6-4-8/h8H,3-7,9H2,1-2H3. The third kappa shape index (κ3) is 2.43. The second kappa shape index (κ2) is 4.04. The maximum Gasteiger partial charge on any atom is 0.0455 e. The summed E-state index contributed by atoms with van der Waals surface area (Å²) in [6.45, 7) is 3.05. The number of nitrogens with two attached hydrogens (primary N) is 1.